The maximum Gasteiger partial charge on any atom is 0.112 e. The van der Waals surface area contributed by atoms with Crippen LogP contribution in [-0.2, 0) is 0 Å². The van der Waals surface area contributed by atoms with Gasteiger partial charge in [0.15, 0.2) is 0 Å². The average molecular weight is 381 g/mol. The second-order valence-corrected chi connectivity index (χ2v) is 7.51. The molecular formula is C18H16Cl3N3. The zero-order chi connectivity index (χ0) is 16.7. The van der Waals surface area contributed by atoms with E-state index in [9.17, 15) is 0 Å². The molecule has 2 heterocycles. The van der Waals surface area contributed by atoms with Crippen LogP contribution in [0.3, 0.4) is 0 Å². The fourth-order valence-electron chi connectivity index (χ4n) is 3.35. The molecule has 24 heavy (non-hydrogen) atoms. The smallest absolute Gasteiger partial charge is 0.112 e. The van der Waals surface area contributed by atoms with Gasteiger partial charge in [-0.25, -0.2) is 4.98 Å². The van der Waals surface area contributed by atoms with Gasteiger partial charge in [-0.15, -0.1) is 0 Å². The molecule has 2 aromatic carbocycles. The van der Waals surface area contributed by atoms with Crippen molar-refractivity contribution in [3.63, 3.8) is 0 Å². The molecule has 0 amide bonds. The Morgan fingerprint density at radius 1 is 1.00 bits per heavy atom. The fraction of sp³-hybridized carbons (Fsp3) is 0.278. The van der Waals surface area contributed by atoms with Crippen molar-refractivity contribution >= 4 is 51.5 Å². The molecule has 0 bridgehead atoms. The first kappa shape index (κ1) is 16.1. The Balaban J connectivity index is 1.61. The van der Waals surface area contributed by atoms with Gasteiger partial charge in [0.25, 0.3) is 0 Å². The summed E-state index contributed by atoms with van der Waals surface area (Å²) in [6.07, 6.45) is 2.21. The van der Waals surface area contributed by atoms with Crippen LogP contribution < -0.4 is 4.90 Å². The Labute approximate surface area is 155 Å². The molecule has 1 N–H and O–H groups in total. The summed E-state index contributed by atoms with van der Waals surface area (Å²) in [5.74, 6) is 1.37. The highest BCUT2D eigenvalue weighted by Gasteiger charge is 2.24. The molecule has 1 saturated heterocycles. The normalized spacial score (nSPS) is 18.3. The van der Waals surface area contributed by atoms with Crippen LogP contribution in [0.2, 0.25) is 15.1 Å². The Morgan fingerprint density at radius 3 is 2.58 bits per heavy atom. The van der Waals surface area contributed by atoms with E-state index in [0.717, 1.165) is 53.5 Å². The third-order valence-electron chi connectivity index (χ3n) is 4.48. The molecule has 1 unspecified atom stereocenters. The highest BCUT2D eigenvalue weighted by molar-refractivity contribution is 6.35. The molecule has 3 aromatic rings. The minimum absolute atomic E-state index is 0.350. The molecule has 6 heteroatoms. The highest BCUT2D eigenvalue weighted by Crippen LogP contribution is 2.32. The van der Waals surface area contributed by atoms with Crippen LogP contribution in [0.15, 0.2) is 36.4 Å². The minimum Gasteiger partial charge on any atom is -0.371 e. The third kappa shape index (κ3) is 3.21. The van der Waals surface area contributed by atoms with Crippen molar-refractivity contribution in [2.45, 2.75) is 18.8 Å². The summed E-state index contributed by atoms with van der Waals surface area (Å²) in [5.41, 5.74) is 3.01. The highest BCUT2D eigenvalue weighted by atomic mass is 35.5. The molecule has 0 aliphatic carbocycles. The van der Waals surface area contributed by atoms with E-state index in [1.807, 2.05) is 30.3 Å². The molecule has 124 valence electrons. The number of hydrogen-bond donors (Lipinski definition) is 1. The zero-order valence-electron chi connectivity index (χ0n) is 12.9. The van der Waals surface area contributed by atoms with Gasteiger partial charge in [-0.05, 0) is 49.2 Å². The molecule has 1 fully saturated rings. The molecule has 0 spiro atoms. The Bertz CT molecular complexity index is 870. The van der Waals surface area contributed by atoms with Gasteiger partial charge in [0.2, 0.25) is 0 Å². The number of halogens is 3. The number of H-pyrrole nitrogens is 1. The summed E-state index contributed by atoms with van der Waals surface area (Å²) in [6, 6.07) is 11.4. The predicted molar refractivity (Wildman–Crippen MR) is 102 cm³/mol. The van der Waals surface area contributed by atoms with E-state index in [1.54, 1.807) is 6.07 Å². The fourth-order valence-corrected chi connectivity index (χ4v) is 4.04. The molecule has 1 aliphatic rings. The average Bonchev–Trinajstić information content (AvgIpc) is 2.97. The molecule has 0 saturated carbocycles. The largest absolute Gasteiger partial charge is 0.371 e. The summed E-state index contributed by atoms with van der Waals surface area (Å²) in [4.78, 5) is 10.5. The predicted octanol–water partition coefficient (Wildman–Crippen LogP) is 5.91. The Morgan fingerprint density at radius 2 is 1.79 bits per heavy atom. The van der Waals surface area contributed by atoms with E-state index in [2.05, 4.69) is 9.88 Å². The quantitative estimate of drug-likeness (QED) is 0.599. The molecule has 4 rings (SSSR count). The van der Waals surface area contributed by atoms with Crippen LogP contribution in [0.4, 0.5) is 5.69 Å². The van der Waals surface area contributed by atoms with Crippen LogP contribution in [0.5, 0.6) is 0 Å². The number of rotatable bonds is 2. The maximum atomic E-state index is 6.15. The lowest BCUT2D eigenvalue weighted by Gasteiger charge is -2.33. The number of imidazole rings is 1. The number of aromatic amines is 1. The number of nitrogens with zero attached hydrogens (tertiary/aromatic N) is 2. The number of fused-ring (bicyclic) bond motifs is 1. The molecule has 3 nitrogen and oxygen atoms in total. The van der Waals surface area contributed by atoms with Gasteiger partial charge >= 0.3 is 0 Å². The first-order chi connectivity index (χ1) is 11.6. The summed E-state index contributed by atoms with van der Waals surface area (Å²) < 4.78 is 0. The molecule has 1 atom stereocenters. The topological polar surface area (TPSA) is 31.9 Å². The van der Waals surface area contributed by atoms with Crippen molar-refractivity contribution in [1.82, 2.24) is 9.97 Å². The number of anilines is 1. The van der Waals surface area contributed by atoms with Crippen molar-refractivity contribution in [1.29, 1.82) is 0 Å². The first-order valence-electron chi connectivity index (χ1n) is 7.95. The summed E-state index contributed by atoms with van der Waals surface area (Å²) in [6.45, 7) is 1.89. The monoisotopic (exact) mass is 379 g/mol. The van der Waals surface area contributed by atoms with E-state index in [1.165, 1.54) is 0 Å². The second kappa shape index (κ2) is 6.47. The van der Waals surface area contributed by atoms with Crippen LogP contribution in [-0.4, -0.2) is 23.1 Å². The molecular weight excluding hydrogens is 365 g/mol. The van der Waals surface area contributed by atoms with Crippen LogP contribution >= 0.6 is 34.8 Å². The van der Waals surface area contributed by atoms with E-state index >= 15 is 0 Å². The van der Waals surface area contributed by atoms with E-state index in [0.29, 0.717) is 16.0 Å². The lowest BCUT2D eigenvalue weighted by molar-refractivity contribution is 0.495. The van der Waals surface area contributed by atoms with Gasteiger partial charge < -0.3 is 9.88 Å². The summed E-state index contributed by atoms with van der Waals surface area (Å²) >= 11 is 18.4. The number of piperidine rings is 1. The Hall–Kier alpha value is -1.42. The zero-order valence-corrected chi connectivity index (χ0v) is 15.2. The van der Waals surface area contributed by atoms with Crippen molar-refractivity contribution < 1.29 is 0 Å². The summed E-state index contributed by atoms with van der Waals surface area (Å²) in [7, 11) is 0. The summed E-state index contributed by atoms with van der Waals surface area (Å²) in [5, 5.41) is 2.05. The van der Waals surface area contributed by atoms with Crippen molar-refractivity contribution in [3.05, 3.63) is 57.3 Å². The van der Waals surface area contributed by atoms with Gasteiger partial charge in [-0.1, -0.05) is 34.8 Å². The molecule has 1 aliphatic heterocycles. The lowest BCUT2D eigenvalue weighted by atomic mass is 9.97. The number of aromatic nitrogens is 2. The van der Waals surface area contributed by atoms with Gasteiger partial charge in [-0.2, -0.15) is 0 Å². The van der Waals surface area contributed by atoms with Crippen LogP contribution in [0, 0.1) is 0 Å². The van der Waals surface area contributed by atoms with Gasteiger partial charge in [0, 0.05) is 39.8 Å². The number of benzene rings is 2. The number of hydrogen-bond acceptors (Lipinski definition) is 2. The second-order valence-electron chi connectivity index (χ2n) is 6.20. The van der Waals surface area contributed by atoms with E-state index in [4.69, 9.17) is 39.8 Å². The third-order valence-corrected chi connectivity index (χ3v) is 5.15. The van der Waals surface area contributed by atoms with E-state index < -0.39 is 0 Å². The molecule has 0 radical (unpaired) electrons. The van der Waals surface area contributed by atoms with Crippen molar-refractivity contribution in [2.75, 3.05) is 18.0 Å². The van der Waals surface area contributed by atoms with Crippen molar-refractivity contribution in [2.24, 2.45) is 0 Å². The standard InChI is InChI=1S/C18H16Cl3N3/c19-12-3-4-16-17(9-12)23-18(22-16)11-2-1-5-24(10-11)15-7-13(20)6-14(21)8-15/h3-4,6-9,11H,1-2,5,10H2,(H,22,23). The van der Waals surface area contributed by atoms with Crippen molar-refractivity contribution in [3.8, 4) is 0 Å². The number of nitrogens with one attached hydrogen (secondary N) is 1. The minimum atomic E-state index is 0.350. The maximum absolute atomic E-state index is 6.15. The van der Waals surface area contributed by atoms with Gasteiger partial charge in [-0.3, -0.25) is 0 Å². The van der Waals surface area contributed by atoms with Gasteiger partial charge in [0.1, 0.15) is 5.82 Å². The van der Waals surface area contributed by atoms with Gasteiger partial charge in [0.05, 0.1) is 11.0 Å². The van der Waals surface area contributed by atoms with Crippen LogP contribution in [0.25, 0.3) is 11.0 Å². The SMILES string of the molecule is Clc1cc(Cl)cc(N2CCCC(c3nc4ccc(Cl)cc4[nH]3)C2)c1. The first-order valence-corrected chi connectivity index (χ1v) is 9.08. The lowest BCUT2D eigenvalue weighted by Crippen LogP contribution is -2.34. The Kier molecular flexibility index (Phi) is 4.33. The van der Waals surface area contributed by atoms with E-state index in [-0.39, 0.29) is 0 Å². The molecule has 1 aromatic heterocycles. The van der Waals surface area contributed by atoms with Crippen LogP contribution in [0.1, 0.15) is 24.6 Å².